The minimum atomic E-state index is -0.147. The number of thioether (sulfide) groups is 1. The summed E-state index contributed by atoms with van der Waals surface area (Å²) in [6.45, 7) is 0. The van der Waals surface area contributed by atoms with Crippen molar-refractivity contribution in [2.24, 2.45) is 0 Å². The van der Waals surface area contributed by atoms with E-state index in [9.17, 15) is 4.39 Å². The molecule has 0 saturated heterocycles. The van der Waals surface area contributed by atoms with Gasteiger partial charge in [-0.2, -0.15) is 0 Å². The van der Waals surface area contributed by atoms with E-state index in [0.29, 0.717) is 4.90 Å². The molecular weight excluding hydrogens is 285 g/mol. The van der Waals surface area contributed by atoms with E-state index in [1.54, 1.807) is 24.9 Å². The van der Waals surface area contributed by atoms with Gasteiger partial charge in [0.15, 0.2) is 0 Å². The molecule has 0 fully saturated rings. The van der Waals surface area contributed by atoms with E-state index < -0.39 is 0 Å². The molecule has 2 unspecified atom stereocenters. The minimum absolute atomic E-state index is 0.147. The summed E-state index contributed by atoms with van der Waals surface area (Å²) >= 11 is 1.60. The van der Waals surface area contributed by atoms with Crippen molar-refractivity contribution in [3.05, 3.63) is 59.4 Å². The van der Waals surface area contributed by atoms with Crippen molar-refractivity contribution in [3.63, 3.8) is 0 Å². The first-order chi connectivity index (χ1) is 10.2. The third kappa shape index (κ3) is 2.78. The first-order valence-electron chi connectivity index (χ1n) is 6.98. The number of methoxy groups -OCH3 is 1. The Morgan fingerprint density at radius 1 is 1.24 bits per heavy atom. The lowest BCUT2D eigenvalue weighted by Crippen LogP contribution is -2.23. The van der Waals surface area contributed by atoms with E-state index in [-0.39, 0.29) is 17.1 Å². The van der Waals surface area contributed by atoms with Gasteiger partial charge >= 0.3 is 0 Å². The first kappa shape index (κ1) is 14.4. The van der Waals surface area contributed by atoms with Gasteiger partial charge < -0.3 is 10.1 Å². The van der Waals surface area contributed by atoms with E-state index in [1.165, 1.54) is 17.2 Å². The van der Waals surface area contributed by atoms with Crippen LogP contribution in [-0.2, 0) is 6.42 Å². The number of ether oxygens (including phenoxy) is 1. The molecule has 1 N–H and O–H groups in total. The van der Waals surface area contributed by atoms with Crippen LogP contribution in [-0.4, -0.2) is 19.4 Å². The number of fused-ring (bicyclic) bond motifs is 1. The second kappa shape index (κ2) is 6.08. The zero-order chi connectivity index (χ0) is 14.8. The van der Waals surface area contributed by atoms with Gasteiger partial charge in [0.1, 0.15) is 11.6 Å². The summed E-state index contributed by atoms with van der Waals surface area (Å²) < 4.78 is 19.2. The number of nitrogens with one attached hydrogen (secondary N) is 1. The highest BCUT2D eigenvalue weighted by atomic mass is 32.2. The lowest BCUT2D eigenvalue weighted by atomic mass is 10.1. The highest BCUT2D eigenvalue weighted by Crippen LogP contribution is 2.42. The molecule has 0 aromatic heterocycles. The van der Waals surface area contributed by atoms with Crippen LogP contribution in [0.25, 0.3) is 0 Å². The quantitative estimate of drug-likeness (QED) is 0.928. The van der Waals surface area contributed by atoms with Crippen LogP contribution in [0, 0.1) is 5.82 Å². The second-order valence-corrected chi connectivity index (χ2v) is 6.40. The lowest BCUT2D eigenvalue weighted by Gasteiger charge is -2.20. The van der Waals surface area contributed by atoms with Crippen molar-refractivity contribution in [2.75, 3.05) is 14.2 Å². The zero-order valence-electron chi connectivity index (χ0n) is 12.1. The van der Waals surface area contributed by atoms with Crippen LogP contribution in [0.4, 0.5) is 4.39 Å². The maximum Gasteiger partial charge on any atom is 0.136 e. The van der Waals surface area contributed by atoms with Crippen LogP contribution >= 0.6 is 11.8 Å². The van der Waals surface area contributed by atoms with Crippen LogP contribution in [0.2, 0.25) is 0 Å². The van der Waals surface area contributed by atoms with Crippen LogP contribution in [0.1, 0.15) is 17.2 Å². The van der Waals surface area contributed by atoms with E-state index in [0.717, 1.165) is 12.2 Å². The van der Waals surface area contributed by atoms with Gasteiger partial charge in [-0.25, -0.2) is 4.39 Å². The molecule has 0 aliphatic heterocycles. The Morgan fingerprint density at radius 3 is 2.76 bits per heavy atom. The predicted molar refractivity (Wildman–Crippen MR) is 84.5 cm³/mol. The third-order valence-corrected chi connectivity index (χ3v) is 5.23. The number of hydrogen-bond acceptors (Lipinski definition) is 3. The first-order valence-corrected chi connectivity index (χ1v) is 7.86. The molecule has 1 aliphatic carbocycles. The van der Waals surface area contributed by atoms with Gasteiger partial charge in [-0.3, -0.25) is 0 Å². The van der Waals surface area contributed by atoms with Gasteiger partial charge in [0.25, 0.3) is 0 Å². The average molecular weight is 303 g/mol. The van der Waals surface area contributed by atoms with Gasteiger partial charge in [0.05, 0.1) is 7.11 Å². The largest absolute Gasteiger partial charge is 0.497 e. The Balaban J connectivity index is 1.87. The van der Waals surface area contributed by atoms with Crippen molar-refractivity contribution in [3.8, 4) is 5.75 Å². The van der Waals surface area contributed by atoms with Crippen molar-refractivity contribution in [2.45, 2.75) is 22.6 Å². The Kier molecular flexibility index (Phi) is 4.17. The summed E-state index contributed by atoms with van der Waals surface area (Å²) in [5, 5.41) is 3.65. The summed E-state index contributed by atoms with van der Waals surface area (Å²) in [5.74, 6) is 0.719. The molecule has 21 heavy (non-hydrogen) atoms. The molecule has 2 aromatic rings. The Morgan fingerprint density at radius 2 is 2.05 bits per heavy atom. The molecule has 3 rings (SSSR count). The molecule has 0 bridgehead atoms. The molecule has 0 spiro atoms. The third-order valence-electron chi connectivity index (χ3n) is 3.91. The smallest absolute Gasteiger partial charge is 0.136 e. The molecule has 2 atom stereocenters. The summed E-state index contributed by atoms with van der Waals surface area (Å²) in [6.07, 6.45) is 0.934. The maximum absolute atomic E-state index is 13.9. The van der Waals surface area contributed by atoms with Crippen molar-refractivity contribution in [1.29, 1.82) is 0 Å². The molecule has 1 aliphatic rings. The van der Waals surface area contributed by atoms with Crippen LogP contribution in [0.3, 0.4) is 0 Å². The number of benzene rings is 2. The van der Waals surface area contributed by atoms with Gasteiger partial charge in [-0.1, -0.05) is 18.2 Å². The normalized spacial score (nSPS) is 20.3. The standard InChI is InChI=1S/C17H18FNOS/c1-19-17-13-10-12(20-2)8-7-11(13)9-16(17)21-15-6-4-3-5-14(15)18/h3-8,10,16-17,19H,9H2,1-2H3. The molecule has 0 radical (unpaired) electrons. The molecule has 2 nitrogen and oxygen atoms in total. The van der Waals surface area contributed by atoms with Crippen molar-refractivity contribution < 1.29 is 9.13 Å². The summed E-state index contributed by atoms with van der Waals surface area (Å²) in [7, 11) is 3.63. The molecular formula is C17H18FNOS. The fourth-order valence-corrected chi connectivity index (χ4v) is 4.21. The van der Waals surface area contributed by atoms with Crippen molar-refractivity contribution >= 4 is 11.8 Å². The van der Waals surface area contributed by atoms with Crippen LogP contribution < -0.4 is 10.1 Å². The highest BCUT2D eigenvalue weighted by molar-refractivity contribution is 8.00. The van der Waals surface area contributed by atoms with E-state index in [4.69, 9.17) is 4.74 Å². The highest BCUT2D eigenvalue weighted by Gasteiger charge is 2.32. The van der Waals surface area contributed by atoms with Crippen LogP contribution in [0.15, 0.2) is 47.4 Å². The molecule has 110 valence electrons. The van der Waals surface area contributed by atoms with E-state index in [1.807, 2.05) is 25.2 Å². The predicted octanol–water partition coefficient (Wildman–Crippen LogP) is 3.81. The summed E-state index contributed by atoms with van der Waals surface area (Å²) in [4.78, 5) is 0.711. The van der Waals surface area contributed by atoms with Gasteiger partial charge in [0, 0.05) is 16.2 Å². The summed E-state index contributed by atoms with van der Waals surface area (Å²) in [5.41, 5.74) is 2.56. The van der Waals surface area contributed by atoms with Gasteiger partial charge in [0.2, 0.25) is 0 Å². The monoisotopic (exact) mass is 303 g/mol. The summed E-state index contributed by atoms with van der Waals surface area (Å²) in [6, 6.07) is 13.4. The van der Waals surface area contributed by atoms with Crippen LogP contribution in [0.5, 0.6) is 5.75 Å². The minimum Gasteiger partial charge on any atom is -0.497 e. The van der Waals surface area contributed by atoms with Gasteiger partial charge in [-0.15, -0.1) is 11.8 Å². The van der Waals surface area contributed by atoms with E-state index in [2.05, 4.69) is 17.4 Å². The molecule has 0 saturated carbocycles. The topological polar surface area (TPSA) is 21.3 Å². The molecule has 0 amide bonds. The second-order valence-electron chi connectivity index (χ2n) is 5.12. The molecule has 0 heterocycles. The molecule has 2 aromatic carbocycles. The Bertz CT molecular complexity index is 646. The number of hydrogen-bond donors (Lipinski definition) is 1. The Labute approximate surface area is 128 Å². The van der Waals surface area contributed by atoms with E-state index >= 15 is 0 Å². The lowest BCUT2D eigenvalue weighted by molar-refractivity contribution is 0.413. The number of halogens is 1. The maximum atomic E-state index is 13.9. The SMILES string of the molecule is CNC1c2cc(OC)ccc2CC1Sc1ccccc1F. The Hall–Kier alpha value is -1.52. The van der Waals surface area contributed by atoms with Crippen molar-refractivity contribution in [1.82, 2.24) is 5.32 Å². The fourth-order valence-electron chi connectivity index (χ4n) is 2.86. The van der Waals surface area contributed by atoms with Gasteiger partial charge in [-0.05, 0) is 48.9 Å². The fraction of sp³-hybridized carbons (Fsp3) is 0.294. The molecule has 4 heteroatoms. The number of rotatable bonds is 4. The zero-order valence-corrected chi connectivity index (χ0v) is 12.9. The average Bonchev–Trinajstić information content (AvgIpc) is 2.85.